The van der Waals surface area contributed by atoms with E-state index in [0.29, 0.717) is 18.7 Å². The first kappa shape index (κ1) is 9.23. The Kier molecular flexibility index (Phi) is 2.26. The van der Waals surface area contributed by atoms with Gasteiger partial charge >= 0.3 is 0 Å². The van der Waals surface area contributed by atoms with Gasteiger partial charge in [0, 0.05) is 11.9 Å². The van der Waals surface area contributed by atoms with E-state index in [-0.39, 0.29) is 12.7 Å². The highest BCUT2D eigenvalue weighted by molar-refractivity contribution is 5.92. The van der Waals surface area contributed by atoms with E-state index >= 15 is 0 Å². The predicted molar refractivity (Wildman–Crippen MR) is 48.6 cm³/mol. The molecule has 14 heavy (non-hydrogen) atoms. The second-order valence-electron chi connectivity index (χ2n) is 3.35. The molecule has 1 aliphatic rings. The number of fused-ring (bicyclic) bond motifs is 1. The molecule has 0 spiro atoms. The second kappa shape index (κ2) is 3.43. The van der Waals surface area contributed by atoms with Gasteiger partial charge in [-0.3, -0.25) is 4.79 Å². The van der Waals surface area contributed by atoms with Crippen molar-refractivity contribution in [3.63, 3.8) is 0 Å². The maximum Gasteiger partial charge on any atom is 0.250 e. The van der Waals surface area contributed by atoms with Crippen molar-refractivity contribution in [2.24, 2.45) is 5.73 Å². The van der Waals surface area contributed by atoms with Crippen molar-refractivity contribution in [2.75, 3.05) is 6.61 Å². The summed E-state index contributed by atoms with van der Waals surface area (Å²) >= 11 is 0. The first-order valence-corrected chi connectivity index (χ1v) is 4.42. The van der Waals surface area contributed by atoms with Crippen LogP contribution in [0.1, 0.15) is 16.1 Å². The number of rotatable bonds is 2. The number of nitrogens with zero attached hydrogens (tertiary/aromatic N) is 1. The highest BCUT2D eigenvalue weighted by atomic mass is 16.5. The third kappa shape index (κ3) is 1.51. The minimum Gasteiger partial charge on any atom is -0.394 e. The van der Waals surface area contributed by atoms with Crippen LogP contribution >= 0.6 is 0 Å². The monoisotopic (exact) mass is 196 g/mol. The standard InChI is InChI=1S/C9H12N2O3/c10-9(13)6-1-7-5-14-8(4-12)3-11(7)2-6/h1-2,8,12H,3-5H2,(H2,10,13)/t8-/m1/s1. The third-order valence-corrected chi connectivity index (χ3v) is 2.34. The van der Waals surface area contributed by atoms with Crippen molar-refractivity contribution in [3.8, 4) is 0 Å². The van der Waals surface area contributed by atoms with Gasteiger partial charge in [0.25, 0.3) is 0 Å². The molecule has 1 aromatic rings. The maximum atomic E-state index is 10.9. The Labute approximate surface area is 81.1 Å². The highest BCUT2D eigenvalue weighted by Crippen LogP contribution is 2.17. The van der Waals surface area contributed by atoms with Gasteiger partial charge in [-0.15, -0.1) is 0 Å². The van der Waals surface area contributed by atoms with Gasteiger partial charge in [-0.1, -0.05) is 0 Å². The molecule has 0 bridgehead atoms. The number of aliphatic hydroxyl groups excluding tert-OH is 1. The van der Waals surface area contributed by atoms with Crippen LogP contribution in [0.15, 0.2) is 12.3 Å². The number of ether oxygens (including phenoxy) is 1. The van der Waals surface area contributed by atoms with Crippen molar-refractivity contribution in [1.29, 1.82) is 0 Å². The van der Waals surface area contributed by atoms with E-state index in [2.05, 4.69) is 0 Å². The summed E-state index contributed by atoms with van der Waals surface area (Å²) in [5.41, 5.74) is 6.56. The SMILES string of the molecule is NC(=O)c1cc2n(c1)C[C@H](CO)OC2. The molecule has 2 rings (SSSR count). The Balaban J connectivity index is 2.25. The van der Waals surface area contributed by atoms with Crippen LogP contribution in [0.25, 0.3) is 0 Å². The summed E-state index contributed by atoms with van der Waals surface area (Å²) in [7, 11) is 0. The fourth-order valence-corrected chi connectivity index (χ4v) is 1.57. The van der Waals surface area contributed by atoms with E-state index in [1.165, 1.54) is 0 Å². The number of hydrogen-bond donors (Lipinski definition) is 2. The lowest BCUT2D eigenvalue weighted by Crippen LogP contribution is -2.29. The van der Waals surface area contributed by atoms with Crippen molar-refractivity contribution >= 4 is 5.91 Å². The van der Waals surface area contributed by atoms with Gasteiger partial charge in [-0.25, -0.2) is 0 Å². The molecule has 1 atom stereocenters. The molecule has 1 aliphatic heterocycles. The average Bonchev–Trinajstić information content (AvgIpc) is 2.59. The van der Waals surface area contributed by atoms with E-state index in [0.717, 1.165) is 5.69 Å². The smallest absolute Gasteiger partial charge is 0.250 e. The van der Waals surface area contributed by atoms with Crippen molar-refractivity contribution < 1.29 is 14.6 Å². The van der Waals surface area contributed by atoms with Gasteiger partial charge in [-0.2, -0.15) is 0 Å². The van der Waals surface area contributed by atoms with Gasteiger partial charge in [0.15, 0.2) is 0 Å². The van der Waals surface area contributed by atoms with Crippen molar-refractivity contribution in [3.05, 3.63) is 23.5 Å². The summed E-state index contributed by atoms with van der Waals surface area (Å²) in [6.45, 7) is 0.973. The quantitative estimate of drug-likeness (QED) is 0.668. The zero-order valence-corrected chi connectivity index (χ0v) is 7.64. The molecule has 0 fully saturated rings. The largest absolute Gasteiger partial charge is 0.394 e. The topological polar surface area (TPSA) is 77.5 Å². The van der Waals surface area contributed by atoms with Crippen LogP contribution in [0, 0.1) is 0 Å². The molecule has 0 radical (unpaired) electrons. The van der Waals surface area contributed by atoms with Crippen LogP contribution in [0.2, 0.25) is 0 Å². The van der Waals surface area contributed by atoms with Gasteiger partial charge in [0.05, 0.1) is 31.4 Å². The molecule has 0 saturated heterocycles. The van der Waals surface area contributed by atoms with Crippen molar-refractivity contribution in [2.45, 2.75) is 19.3 Å². The fourth-order valence-electron chi connectivity index (χ4n) is 1.57. The van der Waals surface area contributed by atoms with E-state index in [9.17, 15) is 4.79 Å². The summed E-state index contributed by atoms with van der Waals surface area (Å²) < 4.78 is 7.22. The Morgan fingerprint density at radius 3 is 3.21 bits per heavy atom. The molecular weight excluding hydrogens is 184 g/mol. The summed E-state index contributed by atoms with van der Waals surface area (Å²) in [5, 5.41) is 8.90. The lowest BCUT2D eigenvalue weighted by atomic mass is 10.3. The van der Waals surface area contributed by atoms with E-state index in [1.54, 1.807) is 12.3 Å². The molecule has 1 amide bonds. The Bertz CT molecular complexity index is 359. The van der Waals surface area contributed by atoms with Crippen LogP contribution in [0.3, 0.4) is 0 Å². The summed E-state index contributed by atoms with van der Waals surface area (Å²) in [6, 6.07) is 1.72. The number of nitrogens with two attached hydrogens (primary N) is 1. The Morgan fingerprint density at radius 2 is 2.57 bits per heavy atom. The number of primary amides is 1. The number of carbonyl (C=O) groups excluding carboxylic acids is 1. The first-order valence-electron chi connectivity index (χ1n) is 4.42. The molecule has 0 aliphatic carbocycles. The molecule has 0 aromatic carbocycles. The summed E-state index contributed by atoms with van der Waals surface area (Å²) in [5.74, 6) is -0.438. The lowest BCUT2D eigenvalue weighted by Gasteiger charge is -2.23. The van der Waals surface area contributed by atoms with Crippen LogP contribution in [0.5, 0.6) is 0 Å². The Morgan fingerprint density at radius 1 is 1.79 bits per heavy atom. The van der Waals surface area contributed by atoms with Gasteiger partial charge in [-0.05, 0) is 6.07 Å². The number of aliphatic hydroxyl groups is 1. The predicted octanol–water partition coefficient (Wildman–Crippen LogP) is -0.522. The van der Waals surface area contributed by atoms with E-state index in [4.69, 9.17) is 15.6 Å². The van der Waals surface area contributed by atoms with Gasteiger partial charge in [0.2, 0.25) is 5.91 Å². The number of carbonyl (C=O) groups is 1. The van der Waals surface area contributed by atoms with Crippen LogP contribution in [-0.2, 0) is 17.9 Å². The average molecular weight is 196 g/mol. The number of hydrogen-bond acceptors (Lipinski definition) is 3. The van der Waals surface area contributed by atoms with Crippen LogP contribution in [-0.4, -0.2) is 28.3 Å². The number of amides is 1. The van der Waals surface area contributed by atoms with Crippen LogP contribution < -0.4 is 5.73 Å². The highest BCUT2D eigenvalue weighted by Gasteiger charge is 2.19. The minimum atomic E-state index is -0.438. The number of aromatic nitrogens is 1. The van der Waals surface area contributed by atoms with Crippen LogP contribution in [0.4, 0.5) is 0 Å². The normalized spacial score (nSPS) is 20.5. The maximum absolute atomic E-state index is 10.9. The Hall–Kier alpha value is -1.33. The van der Waals surface area contributed by atoms with E-state index < -0.39 is 5.91 Å². The molecule has 0 saturated carbocycles. The molecule has 5 nitrogen and oxygen atoms in total. The summed E-state index contributed by atoms with van der Waals surface area (Å²) in [6.07, 6.45) is 1.51. The third-order valence-electron chi connectivity index (χ3n) is 2.34. The zero-order valence-electron chi connectivity index (χ0n) is 7.64. The molecule has 2 heterocycles. The summed E-state index contributed by atoms with van der Waals surface area (Å²) in [4.78, 5) is 10.9. The molecule has 3 N–H and O–H groups in total. The molecule has 76 valence electrons. The first-order chi connectivity index (χ1) is 6.70. The molecular formula is C9H12N2O3. The molecule has 0 unspecified atom stereocenters. The van der Waals surface area contributed by atoms with Crippen molar-refractivity contribution in [1.82, 2.24) is 4.57 Å². The second-order valence-corrected chi connectivity index (χ2v) is 3.35. The molecule has 1 aromatic heterocycles. The van der Waals surface area contributed by atoms with Gasteiger partial charge < -0.3 is 20.1 Å². The fraction of sp³-hybridized carbons (Fsp3) is 0.444. The van der Waals surface area contributed by atoms with E-state index in [1.807, 2.05) is 4.57 Å². The van der Waals surface area contributed by atoms with Gasteiger partial charge in [0.1, 0.15) is 0 Å². The lowest BCUT2D eigenvalue weighted by molar-refractivity contribution is -0.0273. The molecule has 5 heteroatoms. The minimum absolute atomic E-state index is 0.0104. The zero-order chi connectivity index (χ0) is 10.1.